The van der Waals surface area contributed by atoms with E-state index in [0.29, 0.717) is 25.5 Å². The van der Waals surface area contributed by atoms with Crippen LogP contribution in [0.25, 0.3) is 0 Å². The second-order valence-electron chi connectivity index (χ2n) is 5.23. The van der Waals surface area contributed by atoms with Crippen LogP contribution in [0.2, 0.25) is 0 Å². The van der Waals surface area contributed by atoms with Crippen molar-refractivity contribution in [3.05, 3.63) is 15.6 Å². The third-order valence-corrected chi connectivity index (χ3v) is 4.44. The first-order valence-corrected chi connectivity index (χ1v) is 8.44. The maximum atomic E-state index is 11.7. The highest BCUT2D eigenvalue weighted by molar-refractivity contribution is 14.0. The summed E-state index contributed by atoms with van der Waals surface area (Å²) in [5.74, 6) is 0.741. The fourth-order valence-electron chi connectivity index (χ4n) is 1.74. The summed E-state index contributed by atoms with van der Waals surface area (Å²) in [5, 5.41) is 10.3. The minimum atomic E-state index is 0. The van der Waals surface area contributed by atoms with E-state index in [0.717, 1.165) is 17.1 Å². The molecule has 0 fully saturated rings. The Morgan fingerprint density at radius 3 is 2.57 bits per heavy atom. The summed E-state index contributed by atoms with van der Waals surface area (Å²) in [5.41, 5.74) is 1.08. The van der Waals surface area contributed by atoms with Gasteiger partial charge in [0, 0.05) is 30.9 Å². The number of guanidine groups is 1. The third-order valence-electron chi connectivity index (χ3n) is 3.37. The Bertz CT molecular complexity index is 498. The van der Waals surface area contributed by atoms with E-state index in [-0.39, 0.29) is 35.9 Å². The summed E-state index contributed by atoms with van der Waals surface area (Å²) in [4.78, 5) is 21.5. The fraction of sp³-hybridized carbons (Fsp3) is 0.667. The maximum absolute atomic E-state index is 11.7. The van der Waals surface area contributed by atoms with Crippen LogP contribution in [0.15, 0.2) is 4.99 Å². The zero-order valence-corrected chi connectivity index (χ0v) is 17.7. The number of aliphatic imine (C=N–C) groups is 1. The lowest BCUT2D eigenvalue weighted by molar-refractivity contribution is -0.121. The predicted molar refractivity (Wildman–Crippen MR) is 108 cm³/mol. The predicted octanol–water partition coefficient (Wildman–Crippen LogP) is 2.35. The second kappa shape index (κ2) is 11.6. The molecule has 23 heavy (non-hydrogen) atoms. The molecule has 1 rings (SSSR count). The topological polar surface area (TPSA) is 78.4 Å². The number of carbonyl (C=O) groups is 1. The van der Waals surface area contributed by atoms with Gasteiger partial charge in [-0.25, -0.2) is 4.98 Å². The summed E-state index contributed by atoms with van der Waals surface area (Å²) in [6, 6.07) is 0.223. The molecule has 1 aromatic rings. The number of aryl methyl sites for hydroxylation is 2. The summed E-state index contributed by atoms with van der Waals surface area (Å²) in [6.45, 7) is 9.33. The van der Waals surface area contributed by atoms with Gasteiger partial charge in [0.05, 0.1) is 12.2 Å². The summed E-state index contributed by atoms with van der Waals surface area (Å²) >= 11 is 1.68. The first-order chi connectivity index (χ1) is 10.5. The van der Waals surface area contributed by atoms with Gasteiger partial charge in [-0.15, -0.1) is 35.3 Å². The molecule has 8 heteroatoms. The molecule has 3 N–H and O–H groups in total. The van der Waals surface area contributed by atoms with E-state index in [1.165, 1.54) is 4.88 Å². The molecule has 0 saturated heterocycles. The number of nitrogens with one attached hydrogen (secondary N) is 3. The molecule has 6 nitrogen and oxygen atoms in total. The van der Waals surface area contributed by atoms with Crippen LogP contribution in [0.3, 0.4) is 0 Å². The zero-order valence-electron chi connectivity index (χ0n) is 14.5. The Morgan fingerprint density at radius 2 is 2.04 bits per heavy atom. The number of hydrogen-bond acceptors (Lipinski definition) is 4. The third kappa shape index (κ3) is 8.50. The number of nitrogens with zero attached hydrogens (tertiary/aromatic N) is 2. The van der Waals surface area contributed by atoms with Crippen molar-refractivity contribution < 1.29 is 4.79 Å². The molecule has 1 aromatic heterocycles. The first-order valence-electron chi connectivity index (χ1n) is 7.63. The van der Waals surface area contributed by atoms with Gasteiger partial charge in [-0.05, 0) is 27.2 Å². The van der Waals surface area contributed by atoms with Gasteiger partial charge in [0.25, 0.3) is 0 Å². The number of aromatic nitrogens is 1. The number of thiazole rings is 1. The summed E-state index contributed by atoms with van der Waals surface area (Å²) in [6.07, 6.45) is 1.37. The number of carbonyl (C=O) groups excluding carboxylic acids is 1. The molecule has 1 unspecified atom stereocenters. The van der Waals surface area contributed by atoms with E-state index < -0.39 is 0 Å². The molecule has 1 atom stereocenters. The summed E-state index contributed by atoms with van der Waals surface area (Å²) < 4.78 is 0. The quantitative estimate of drug-likeness (QED) is 0.337. The monoisotopic (exact) mass is 453 g/mol. The molecule has 0 saturated carbocycles. The molecule has 0 radical (unpaired) electrons. The van der Waals surface area contributed by atoms with Crippen molar-refractivity contribution in [2.45, 2.75) is 53.1 Å². The Kier molecular flexibility index (Phi) is 11.2. The molecule has 0 aliphatic rings. The lowest BCUT2D eigenvalue weighted by Gasteiger charge is -2.13. The fourth-order valence-corrected chi connectivity index (χ4v) is 2.61. The standard InChI is InChI=1S/C15H27N5OS.HI/c1-6-10(2)19-13(21)7-8-17-15(16-5)18-9-14-20-11(3)12(4)22-14;/h10H,6-9H2,1-5H3,(H,19,21)(H2,16,17,18);1H. The Morgan fingerprint density at radius 1 is 1.35 bits per heavy atom. The van der Waals surface area contributed by atoms with Crippen LogP contribution >= 0.6 is 35.3 Å². The molecular weight excluding hydrogens is 425 g/mol. The van der Waals surface area contributed by atoms with Crippen molar-refractivity contribution in [2.24, 2.45) is 4.99 Å². The minimum absolute atomic E-state index is 0. The molecule has 132 valence electrons. The summed E-state index contributed by atoms with van der Waals surface area (Å²) in [7, 11) is 1.72. The van der Waals surface area contributed by atoms with Crippen molar-refractivity contribution in [1.82, 2.24) is 20.9 Å². The lowest BCUT2D eigenvalue weighted by Crippen LogP contribution is -2.40. The molecule has 1 amide bonds. The Labute approximate surface area is 160 Å². The highest BCUT2D eigenvalue weighted by atomic mass is 127. The van der Waals surface area contributed by atoms with Gasteiger partial charge in [0.1, 0.15) is 5.01 Å². The van der Waals surface area contributed by atoms with Crippen LogP contribution in [0.4, 0.5) is 0 Å². The van der Waals surface area contributed by atoms with Crippen LogP contribution in [-0.2, 0) is 11.3 Å². The van der Waals surface area contributed by atoms with Gasteiger partial charge < -0.3 is 16.0 Å². The van der Waals surface area contributed by atoms with Crippen LogP contribution in [0, 0.1) is 13.8 Å². The van der Waals surface area contributed by atoms with Crippen LogP contribution in [0.1, 0.15) is 42.3 Å². The normalized spacial score (nSPS) is 12.3. The number of hydrogen-bond donors (Lipinski definition) is 3. The van der Waals surface area contributed by atoms with Crippen molar-refractivity contribution in [2.75, 3.05) is 13.6 Å². The second-order valence-corrected chi connectivity index (χ2v) is 6.52. The number of rotatable bonds is 7. The minimum Gasteiger partial charge on any atom is -0.356 e. The highest BCUT2D eigenvalue weighted by Crippen LogP contribution is 2.15. The Hall–Kier alpha value is -0.900. The van der Waals surface area contributed by atoms with Gasteiger partial charge in [0.2, 0.25) is 5.91 Å². The van der Waals surface area contributed by atoms with Crippen molar-refractivity contribution in [3.63, 3.8) is 0 Å². The average Bonchev–Trinajstić information content (AvgIpc) is 2.81. The van der Waals surface area contributed by atoms with Crippen molar-refractivity contribution in [3.8, 4) is 0 Å². The smallest absolute Gasteiger partial charge is 0.221 e. The number of halogens is 1. The van der Waals surface area contributed by atoms with Gasteiger partial charge >= 0.3 is 0 Å². The molecule has 0 aromatic carbocycles. The Balaban J connectivity index is 0.00000484. The van der Waals surface area contributed by atoms with Gasteiger partial charge in [-0.2, -0.15) is 0 Å². The van der Waals surface area contributed by atoms with E-state index in [9.17, 15) is 4.79 Å². The maximum Gasteiger partial charge on any atom is 0.221 e. The van der Waals surface area contributed by atoms with Gasteiger partial charge in [-0.1, -0.05) is 6.92 Å². The van der Waals surface area contributed by atoms with E-state index in [2.05, 4.69) is 39.8 Å². The SMILES string of the molecule is CCC(C)NC(=O)CCNC(=NC)NCc1nc(C)c(C)s1.I. The highest BCUT2D eigenvalue weighted by Gasteiger charge is 2.07. The average molecular weight is 453 g/mol. The van der Waals surface area contributed by atoms with E-state index in [4.69, 9.17) is 0 Å². The zero-order chi connectivity index (χ0) is 16.5. The lowest BCUT2D eigenvalue weighted by atomic mass is 10.2. The van der Waals surface area contributed by atoms with Crippen molar-refractivity contribution in [1.29, 1.82) is 0 Å². The molecule has 0 spiro atoms. The first kappa shape index (κ1) is 22.1. The van der Waals surface area contributed by atoms with Gasteiger partial charge in [0.15, 0.2) is 5.96 Å². The van der Waals surface area contributed by atoms with E-state index in [1.54, 1.807) is 18.4 Å². The largest absolute Gasteiger partial charge is 0.356 e. The molecule has 0 aliphatic heterocycles. The van der Waals surface area contributed by atoms with Gasteiger partial charge in [-0.3, -0.25) is 9.79 Å². The van der Waals surface area contributed by atoms with Crippen LogP contribution in [-0.4, -0.2) is 36.5 Å². The molecule has 1 heterocycles. The molecule has 0 bridgehead atoms. The van der Waals surface area contributed by atoms with E-state index in [1.807, 2.05) is 13.8 Å². The number of amides is 1. The van der Waals surface area contributed by atoms with Crippen molar-refractivity contribution >= 4 is 47.2 Å². The van der Waals surface area contributed by atoms with Crippen LogP contribution in [0.5, 0.6) is 0 Å². The molecule has 0 aliphatic carbocycles. The molecular formula is C15H28IN5OS. The van der Waals surface area contributed by atoms with Crippen LogP contribution < -0.4 is 16.0 Å². The van der Waals surface area contributed by atoms with E-state index >= 15 is 0 Å².